The van der Waals surface area contributed by atoms with Gasteiger partial charge in [-0.2, -0.15) is 0 Å². The second-order valence-corrected chi connectivity index (χ2v) is 4.38. The molecule has 0 bridgehead atoms. The van der Waals surface area contributed by atoms with Crippen molar-refractivity contribution in [2.45, 2.75) is 13.0 Å². The fourth-order valence-electron chi connectivity index (χ4n) is 1.51. The van der Waals surface area contributed by atoms with Gasteiger partial charge in [0.2, 0.25) is 0 Å². The van der Waals surface area contributed by atoms with Gasteiger partial charge in [-0.25, -0.2) is 0 Å². The molecule has 0 saturated heterocycles. The summed E-state index contributed by atoms with van der Waals surface area (Å²) < 4.78 is 1.11. The SMILES string of the molecule is CNC(C)c1cc2ccc(Br)cc2[nH]1. The molecule has 0 radical (unpaired) electrons. The van der Waals surface area contributed by atoms with Gasteiger partial charge in [-0.3, -0.25) is 0 Å². The van der Waals surface area contributed by atoms with Gasteiger partial charge in [-0.15, -0.1) is 0 Å². The number of hydrogen-bond donors (Lipinski definition) is 2. The van der Waals surface area contributed by atoms with Crippen molar-refractivity contribution in [1.29, 1.82) is 0 Å². The Morgan fingerprint density at radius 2 is 2.14 bits per heavy atom. The summed E-state index contributed by atoms with van der Waals surface area (Å²) >= 11 is 3.46. The number of fused-ring (bicyclic) bond motifs is 1. The zero-order valence-electron chi connectivity index (χ0n) is 8.26. The molecule has 74 valence electrons. The lowest BCUT2D eigenvalue weighted by Crippen LogP contribution is -2.12. The average molecular weight is 253 g/mol. The lowest BCUT2D eigenvalue weighted by atomic mass is 10.2. The highest BCUT2D eigenvalue weighted by Gasteiger charge is 2.06. The molecule has 0 aliphatic heterocycles. The maximum Gasteiger partial charge on any atom is 0.0467 e. The standard InChI is InChI=1S/C11H13BrN2/c1-7(13-2)10-5-8-3-4-9(12)6-11(8)14-10/h3-7,13-14H,1-2H3. The number of H-pyrrole nitrogens is 1. The molecule has 1 atom stereocenters. The summed E-state index contributed by atoms with van der Waals surface area (Å²) in [4.78, 5) is 3.39. The molecule has 1 unspecified atom stereocenters. The van der Waals surface area contributed by atoms with E-state index in [0.717, 1.165) is 4.47 Å². The molecule has 3 heteroatoms. The fourth-order valence-corrected chi connectivity index (χ4v) is 1.87. The van der Waals surface area contributed by atoms with E-state index in [4.69, 9.17) is 0 Å². The third kappa shape index (κ3) is 1.70. The van der Waals surface area contributed by atoms with Crippen molar-refractivity contribution in [3.8, 4) is 0 Å². The monoisotopic (exact) mass is 252 g/mol. The molecule has 0 fully saturated rings. The van der Waals surface area contributed by atoms with E-state index in [-0.39, 0.29) is 0 Å². The Kier molecular flexibility index (Phi) is 2.61. The van der Waals surface area contributed by atoms with Crippen LogP contribution in [0.25, 0.3) is 10.9 Å². The van der Waals surface area contributed by atoms with Crippen molar-refractivity contribution in [3.05, 3.63) is 34.4 Å². The largest absolute Gasteiger partial charge is 0.357 e. The quantitative estimate of drug-likeness (QED) is 0.845. The van der Waals surface area contributed by atoms with Crippen molar-refractivity contribution < 1.29 is 0 Å². The van der Waals surface area contributed by atoms with Gasteiger partial charge in [0.1, 0.15) is 0 Å². The highest BCUT2D eigenvalue weighted by atomic mass is 79.9. The number of nitrogens with one attached hydrogen (secondary N) is 2. The molecule has 1 heterocycles. The topological polar surface area (TPSA) is 27.8 Å². The predicted molar refractivity (Wildman–Crippen MR) is 63.5 cm³/mol. The fraction of sp³-hybridized carbons (Fsp3) is 0.273. The first-order valence-corrected chi connectivity index (χ1v) is 5.45. The minimum absolute atomic E-state index is 0.362. The molecule has 0 aliphatic carbocycles. The molecule has 2 nitrogen and oxygen atoms in total. The van der Waals surface area contributed by atoms with Crippen LogP contribution in [0.2, 0.25) is 0 Å². The second-order valence-electron chi connectivity index (χ2n) is 3.47. The van der Waals surface area contributed by atoms with E-state index in [2.05, 4.69) is 57.4 Å². The first-order valence-electron chi connectivity index (χ1n) is 4.66. The smallest absolute Gasteiger partial charge is 0.0467 e. The van der Waals surface area contributed by atoms with Crippen molar-refractivity contribution in [3.63, 3.8) is 0 Å². The minimum Gasteiger partial charge on any atom is -0.357 e. The number of aromatic nitrogens is 1. The van der Waals surface area contributed by atoms with Crippen molar-refractivity contribution in [2.75, 3.05) is 7.05 Å². The van der Waals surface area contributed by atoms with Crippen LogP contribution < -0.4 is 5.32 Å². The Labute approximate surface area is 91.8 Å². The summed E-state index contributed by atoms with van der Waals surface area (Å²) in [7, 11) is 1.96. The van der Waals surface area contributed by atoms with Crippen molar-refractivity contribution in [2.24, 2.45) is 0 Å². The molecule has 2 aromatic rings. The first kappa shape index (κ1) is 9.74. The molecule has 1 aromatic carbocycles. The Balaban J connectivity index is 2.51. The third-order valence-electron chi connectivity index (χ3n) is 2.50. The molecule has 2 N–H and O–H groups in total. The van der Waals surface area contributed by atoms with Crippen LogP contribution in [0.4, 0.5) is 0 Å². The summed E-state index contributed by atoms with van der Waals surface area (Å²) in [6, 6.07) is 8.82. The zero-order chi connectivity index (χ0) is 10.1. The van der Waals surface area contributed by atoms with E-state index < -0.39 is 0 Å². The Morgan fingerprint density at radius 1 is 1.36 bits per heavy atom. The van der Waals surface area contributed by atoms with Crippen LogP contribution >= 0.6 is 15.9 Å². The van der Waals surface area contributed by atoms with Crippen LogP contribution in [0, 0.1) is 0 Å². The number of rotatable bonds is 2. The maximum atomic E-state index is 3.46. The molecular formula is C11H13BrN2. The van der Waals surface area contributed by atoms with Crippen LogP contribution in [0.1, 0.15) is 18.7 Å². The van der Waals surface area contributed by atoms with Crippen LogP contribution in [0.15, 0.2) is 28.7 Å². The minimum atomic E-state index is 0.362. The zero-order valence-corrected chi connectivity index (χ0v) is 9.85. The number of hydrogen-bond acceptors (Lipinski definition) is 1. The molecule has 0 amide bonds. The highest BCUT2D eigenvalue weighted by Crippen LogP contribution is 2.22. The normalized spacial score (nSPS) is 13.4. The second kappa shape index (κ2) is 3.75. The van der Waals surface area contributed by atoms with Crippen LogP contribution in [-0.4, -0.2) is 12.0 Å². The van der Waals surface area contributed by atoms with Crippen LogP contribution in [-0.2, 0) is 0 Å². The van der Waals surface area contributed by atoms with Crippen molar-refractivity contribution >= 4 is 26.8 Å². The molecule has 0 saturated carbocycles. The first-order chi connectivity index (χ1) is 6.70. The third-order valence-corrected chi connectivity index (χ3v) is 3.00. The van der Waals surface area contributed by atoms with Gasteiger partial charge >= 0.3 is 0 Å². The summed E-state index contributed by atoms with van der Waals surface area (Å²) in [5.74, 6) is 0. The average Bonchev–Trinajstić information content (AvgIpc) is 2.59. The number of halogens is 1. The number of aromatic amines is 1. The molecular weight excluding hydrogens is 240 g/mol. The van der Waals surface area contributed by atoms with E-state index in [1.54, 1.807) is 0 Å². The summed E-state index contributed by atoms with van der Waals surface area (Å²) in [6.45, 7) is 2.14. The van der Waals surface area contributed by atoms with Crippen LogP contribution in [0.3, 0.4) is 0 Å². The summed E-state index contributed by atoms with van der Waals surface area (Å²) in [5.41, 5.74) is 2.40. The predicted octanol–water partition coefficient (Wildman–Crippen LogP) is 3.21. The number of benzene rings is 1. The lowest BCUT2D eigenvalue weighted by Gasteiger charge is -2.06. The van der Waals surface area contributed by atoms with Gasteiger partial charge in [0.15, 0.2) is 0 Å². The molecule has 0 spiro atoms. The Hall–Kier alpha value is -0.800. The molecule has 1 aromatic heterocycles. The van der Waals surface area contributed by atoms with E-state index in [1.807, 2.05) is 7.05 Å². The van der Waals surface area contributed by atoms with Crippen LogP contribution in [0.5, 0.6) is 0 Å². The van der Waals surface area contributed by atoms with E-state index in [1.165, 1.54) is 16.6 Å². The molecule has 14 heavy (non-hydrogen) atoms. The van der Waals surface area contributed by atoms with Gasteiger partial charge in [-0.05, 0) is 37.6 Å². The van der Waals surface area contributed by atoms with Gasteiger partial charge in [0, 0.05) is 21.7 Å². The van der Waals surface area contributed by atoms with Gasteiger partial charge in [0.25, 0.3) is 0 Å². The summed E-state index contributed by atoms with van der Waals surface area (Å²) in [5, 5.41) is 4.47. The van der Waals surface area contributed by atoms with Crippen molar-refractivity contribution in [1.82, 2.24) is 10.3 Å². The maximum absolute atomic E-state index is 3.46. The van der Waals surface area contributed by atoms with Gasteiger partial charge in [0.05, 0.1) is 0 Å². The lowest BCUT2D eigenvalue weighted by molar-refractivity contribution is 0.638. The Morgan fingerprint density at radius 3 is 2.86 bits per heavy atom. The van der Waals surface area contributed by atoms with Gasteiger partial charge in [-0.1, -0.05) is 22.0 Å². The highest BCUT2D eigenvalue weighted by molar-refractivity contribution is 9.10. The van der Waals surface area contributed by atoms with E-state index >= 15 is 0 Å². The summed E-state index contributed by atoms with van der Waals surface area (Å²) in [6.07, 6.45) is 0. The molecule has 0 aliphatic rings. The van der Waals surface area contributed by atoms with E-state index in [9.17, 15) is 0 Å². The Bertz CT molecular complexity index is 447. The van der Waals surface area contributed by atoms with Gasteiger partial charge < -0.3 is 10.3 Å². The molecule has 2 rings (SSSR count). The van der Waals surface area contributed by atoms with E-state index in [0.29, 0.717) is 6.04 Å².